The Morgan fingerprint density at radius 3 is 2.53 bits per heavy atom. The minimum Gasteiger partial charge on any atom is -0.166 e. The molecular weight excluding hydrogens is 249 g/mol. The first-order valence-electron chi connectivity index (χ1n) is 4.82. The predicted molar refractivity (Wildman–Crippen MR) is 60.7 cm³/mol. The van der Waals surface area contributed by atoms with E-state index in [1.165, 1.54) is 12.1 Å². The lowest BCUT2D eigenvalue weighted by molar-refractivity contribution is -0.137. The van der Waals surface area contributed by atoms with Crippen LogP contribution in [0.1, 0.15) is 5.56 Å². The minimum atomic E-state index is -4.34. The van der Waals surface area contributed by atoms with Crippen molar-refractivity contribution >= 4 is 11.6 Å². The van der Waals surface area contributed by atoms with E-state index < -0.39 is 11.7 Å². The first-order chi connectivity index (χ1) is 7.98. The smallest absolute Gasteiger partial charge is 0.166 e. The summed E-state index contributed by atoms with van der Waals surface area (Å²) in [5.74, 6) is 0. The summed E-state index contributed by atoms with van der Waals surface area (Å²) in [6.45, 7) is 0. The maximum absolute atomic E-state index is 12.5. The van der Waals surface area contributed by atoms with Gasteiger partial charge in [-0.25, -0.2) is 0 Å². The quantitative estimate of drug-likeness (QED) is 0.685. The van der Waals surface area contributed by atoms with Crippen LogP contribution in [0, 0.1) is 6.07 Å². The van der Waals surface area contributed by atoms with Gasteiger partial charge in [-0.15, -0.1) is 0 Å². The van der Waals surface area contributed by atoms with Crippen molar-refractivity contribution in [2.24, 2.45) is 0 Å². The highest BCUT2D eigenvalue weighted by Crippen LogP contribution is 2.34. The molecule has 2 aromatic carbocycles. The Morgan fingerprint density at radius 2 is 1.88 bits per heavy atom. The number of halogens is 4. The van der Waals surface area contributed by atoms with E-state index >= 15 is 0 Å². The van der Waals surface area contributed by atoms with E-state index in [9.17, 15) is 13.2 Å². The molecule has 0 aromatic heterocycles. The SMILES string of the molecule is FC(F)(F)c1cccc(-c2cc[c]cc2Cl)c1. The van der Waals surface area contributed by atoms with Crippen molar-refractivity contribution in [2.45, 2.75) is 6.18 Å². The molecule has 0 aliphatic heterocycles. The van der Waals surface area contributed by atoms with Crippen molar-refractivity contribution in [3.63, 3.8) is 0 Å². The van der Waals surface area contributed by atoms with Crippen LogP contribution in [0.2, 0.25) is 5.02 Å². The highest BCUT2D eigenvalue weighted by atomic mass is 35.5. The molecule has 0 unspecified atom stereocenters. The van der Waals surface area contributed by atoms with Crippen molar-refractivity contribution in [2.75, 3.05) is 0 Å². The van der Waals surface area contributed by atoms with Gasteiger partial charge < -0.3 is 0 Å². The van der Waals surface area contributed by atoms with E-state index in [-0.39, 0.29) is 0 Å². The zero-order chi connectivity index (χ0) is 12.5. The third-order valence-electron chi connectivity index (χ3n) is 2.31. The van der Waals surface area contributed by atoms with E-state index in [0.717, 1.165) is 12.1 Å². The second-order valence-electron chi connectivity index (χ2n) is 3.48. The van der Waals surface area contributed by atoms with E-state index in [1.807, 2.05) is 0 Å². The van der Waals surface area contributed by atoms with E-state index in [0.29, 0.717) is 16.1 Å². The Morgan fingerprint density at radius 1 is 1.12 bits per heavy atom. The Balaban J connectivity index is 2.51. The molecule has 0 saturated carbocycles. The normalized spacial score (nSPS) is 11.5. The lowest BCUT2D eigenvalue weighted by Crippen LogP contribution is -2.04. The summed E-state index contributed by atoms with van der Waals surface area (Å²) in [7, 11) is 0. The van der Waals surface area contributed by atoms with Gasteiger partial charge >= 0.3 is 6.18 Å². The summed E-state index contributed by atoms with van der Waals surface area (Å²) in [4.78, 5) is 0. The zero-order valence-corrected chi connectivity index (χ0v) is 9.31. The summed E-state index contributed by atoms with van der Waals surface area (Å²) >= 11 is 5.91. The van der Waals surface area contributed by atoms with Crippen LogP contribution in [-0.4, -0.2) is 0 Å². The second kappa shape index (κ2) is 4.41. The van der Waals surface area contributed by atoms with Crippen LogP contribution in [-0.2, 0) is 6.18 Å². The van der Waals surface area contributed by atoms with E-state index in [2.05, 4.69) is 6.07 Å². The molecule has 0 N–H and O–H groups in total. The van der Waals surface area contributed by atoms with Crippen LogP contribution in [0.15, 0.2) is 42.5 Å². The molecule has 0 aliphatic carbocycles. The lowest BCUT2D eigenvalue weighted by atomic mass is 10.0. The summed E-state index contributed by atoms with van der Waals surface area (Å²) in [6, 6.07) is 12.6. The standard InChI is InChI=1S/C13H7ClF3/c14-12-7-2-1-6-11(12)9-4-3-5-10(8-9)13(15,16)17/h1,3-8H. The molecule has 0 nitrogen and oxygen atoms in total. The summed E-state index contributed by atoms with van der Waals surface area (Å²) in [5.41, 5.74) is 0.328. The van der Waals surface area contributed by atoms with Gasteiger partial charge in [-0.3, -0.25) is 0 Å². The summed E-state index contributed by atoms with van der Waals surface area (Å²) < 4.78 is 37.6. The molecular formula is C13H7ClF3. The number of hydrogen-bond donors (Lipinski definition) is 0. The highest BCUT2D eigenvalue weighted by molar-refractivity contribution is 6.33. The Labute approximate surface area is 102 Å². The van der Waals surface area contributed by atoms with Crippen molar-refractivity contribution < 1.29 is 13.2 Å². The molecule has 87 valence electrons. The third kappa shape index (κ3) is 2.61. The van der Waals surface area contributed by atoms with Gasteiger partial charge in [0, 0.05) is 10.6 Å². The lowest BCUT2D eigenvalue weighted by Gasteiger charge is -2.09. The molecule has 17 heavy (non-hydrogen) atoms. The Kier molecular flexibility index (Phi) is 3.11. The molecule has 0 amide bonds. The molecule has 1 radical (unpaired) electrons. The molecule has 0 saturated heterocycles. The van der Waals surface area contributed by atoms with Gasteiger partial charge in [0.05, 0.1) is 5.56 Å². The molecule has 2 aromatic rings. The fourth-order valence-corrected chi connectivity index (χ4v) is 1.74. The monoisotopic (exact) mass is 255 g/mol. The van der Waals surface area contributed by atoms with E-state index in [4.69, 9.17) is 11.6 Å². The molecule has 0 aliphatic rings. The predicted octanol–water partition coefficient (Wildman–Crippen LogP) is 4.83. The molecule has 2 rings (SSSR count). The average Bonchev–Trinajstić information content (AvgIpc) is 2.29. The van der Waals surface area contributed by atoms with E-state index in [1.54, 1.807) is 18.2 Å². The maximum Gasteiger partial charge on any atom is 0.416 e. The van der Waals surface area contributed by atoms with Crippen molar-refractivity contribution in [3.05, 3.63) is 59.1 Å². The van der Waals surface area contributed by atoms with Gasteiger partial charge in [-0.2, -0.15) is 13.2 Å². The Bertz CT molecular complexity index is 532. The van der Waals surface area contributed by atoms with Crippen molar-refractivity contribution in [1.29, 1.82) is 0 Å². The van der Waals surface area contributed by atoms with Gasteiger partial charge in [-0.05, 0) is 29.8 Å². The molecule has 0 spiro atoms. The molecule has 0 atom stereocenters. The molecule has 0 bridgehead atoms. The van der Waals surface area contributed by atoms with Crippen LogP contribution < -0.4 is 0 Å². The highest BCUT2D eigenvalue weighted by Gasteiger charge is 2.30. The first kappa shape index (κ1) is 12.0. The van der Waals surface area contributed by atoms with Gasteiger partial charge in [0.25, 0.3) is 0 Å². The summed E-state index contributed by atoms with van der Waals surface area (Å²) in [6.07, 6.45) is -4.34. The average molecular weight is 256 g/mol. The topological polar surface area (TPSA) is 0 Å². The number of rotatable bonds is 1. The van der Waals surface area contributed by atoms with Crippen LogP contribution in [0.4, 0.5) is 13.2 Å². The van der Waals surface area contributed by atoms with Crippen LogP contribution >= 0.6 is 11.6 Å². The fourth-order valence-electron chi connectivity index (χ4n) is 1.51. The van der Waals surface area contributed by atoms with Gasteiger partial charge in [0.15, 0.2) is 0 Å². The zero-order valence-electron chi connectivity index (χ0n) is 8.55. The minimum absolute atomic E-state index is 0.381. The van der Waals surface area contributed by atoms with Gasteiger partial charge in [0.1, 0.15) is 0 Å². The second-order valence-corrected chi connectivity index (χ2v) is 3.89. The molecule has 0 fully saturated rings. The van der Waals surface area contributed by atoms with Gasteiger partial charge in [-0.1, -0.05) is 35.9 Å². The number of benzene rings is 2. The summed E-state index contributed by atoms with van der Waals surface area (Å²) in [5, 5.41) is 0.381. The van der Waals surface area contributed by atoms with Crippen LogP contribution in [0.5, 0.6) is 0 Å². The van der Waals surface area contributed by atoms with Crippen molar-refractivity contribution in [3.8, 4) is 11.1 Å². The molecule has 0 heterocycles. The van der Waals surface area contributed by atoms with Crippen LogP contribution in [0.3, 0.4) is 0 Å². The third-order valence-corrected chi connectivity index (χ3v) is 2.63. The van der Waals surface area contributed by atoms with Crippen molar-refractivity contribution in [1.82, 2.24) is 0 Å². The number of alkyl halides is 3. The maximum atomic E-state index is 12.5. The Hall–Kier alpha value is -1.48. The first-order valence-corrected chi connectivity index (χ1v) is 5.19. The van der Waals surface area contributed by atoms with Crippen LogP contribution in [0.25, 0.3) is 11.1 Å². The largest absolute Gasteiger partial charge is 0.416 e. The molecule has 4 heteroatoms. The van der Waals surface area contributed by atoms with Gasteiger partial charge in [0.2, 0.25) is 0 Å². The number of hydrogen-bond acceptors (Lipinski definition) is 0. The fraction of sp³-hybridized carbons (Fsp3) is 0.0769.